The Hall–Kier alpha value is -2.51. The van der Waals surface area contributed by atoms with Gasteiger partial charge < -0.3 is 15.3 Å². The second-order valence-corrected chi connectivity index (χ2v) is 8.18. The molecular formula is C22H29N5O2. The van der Waals surface area contributed by atoms with Crippen LogP contribution < -0.4 is 10.2 Å². The van der Waals surface area contributed by atoms with Crippen LogP contribution in [-0.2, 0) is 6.54 Å². The fourth-order valence-corrected chi connectivity index (χ4v) is 4.13. The smallest absolute Gasteiger partial charge is 0.251 e. The van der Waals surface area contributed by atoms with Gasteiger partial charge >= 0.3 is 0 Å². The number of β-amino-alcohol motifs (C(OH)–C–C–N with tert-alkyl or cyclic N) is 1. The fraction of sp³-hybridized carbons (Fsp3) is 0.500. The molecule has 0 bridgehead atoms. The summed E-state index contributed by atoms with van der Waals surface area (Å²) in [6.07, 6.45) is 9.43. The van der Waals surface area contributed by atoms with E-state index in [0.717, 1.165) is 25.5 Å². The van der Waals surface area contributed by atoms with Gasteiger partial charge in [0.2, 0.25) is 0 Å². The summed E-state index contributed by atoms with van der Waals surface area (Å²) >= 11 is 0. The van der Waals surface area contributed by atoms with Crippen LogP contribution in [0.3, 0.4) is 0 Å². The van der Waals surface area contributed by atoms with Gasteiger partial charge in [-0.1, -0.05) is 18.6 Å². The zero-order valence-electron chi connectivity index (χ0n) is 16.8. The monoisotopic (exact) mass is 395 g/mol. The molecule has 2 aromatic rings. The molecule has 0 spiro atoms. The van der Waals surface area contributed by atoms with Gasteiger partial charge in [0.25, 0.3) is 5.91 Å². The number of benzene rings is 1. The van der Waals surface area contributed by atoms with Crippen molar-refractivity contribution in [2.75, 3.05) is 37.6 Å². The van der Waals surface area contributed by atoms with Crippen molar-refractivity contribution in [2.45, 2.75) is 37.8 Å². The molecule has 7 heteroatoms. The number of likely N-dealkylation sites (tertiary alicyclic amines) is 1. The minimum atomic E-state index is -0.957. The molecule has 0 saturated carbocycles. The number of anilines is 1. The first kappa shape index (κ1) is 19.8. The molecule has 4 rings (SSSR count). The minimum absolute atomic E-state index is 0.152. The molecule has 2 fully saturated rings. The summed E-state index contributed by atoms with van der Waals surface area (Å²) in [7, 11) is 0. The van der Waals surface area contributed by atoms with E-state index in [0.29, 0.717) is 25.1 Å². The zero-order valence-corrected chi connectivity index (χ0v) is 16.8. The maximum atomic E-state index is 12.5. The Kier molecular flexibility index (Phi) is 6.06. The van der Waals surface area contributed by atoms with Gasteiger partial charge in [0, 0.05) is 44.1 Å². The van der Waals surface area contributed by atoms with E-state index >= 15 is 0 Å². The molecule has 3 heterocycles. The van der Waals surface area contributed by atoms with E-state index in [1.54, 1.807) is 18.6 Å². The van der Waals surface area contributed by atoms with Crippen LogP contribution in [0, 0.1) is 0 Å². The van der Waals surface area contributed by atoms with E-state index in [9.17, 15) is 9.90 Å². The summed E-state index contributed by atoms with van der Waals surface area (Å²) in [5, 5.41) is 13.7. The number of aliphatic hydroxyl groups is 1. The number of amides is 1. The molecule has 154 valence electrons. The van der Waals surface area contributed by atoms with Crippen molar-refractivity contribution in [3.63, 3.8) is 0 Å². The summed E-state index contributed by atoms with van der Waals surface area (Å²) in [5.41, 5.74) is 0.902. The predicted octanol–water partition coefficient (Wildman–Crippen LogP) is 1.83. The van der Waals surface area contributed by atoms with Crippen molar-refractivity contribution in [2.24, 2.45) is 0 Å². The third kappa shape index (κ3) is 5.10. The summed E-state index contributed by atoms with van der Waals surface area (Å²) in [4.78, 5) is 25.3. The van der Waals surface area contributed by atoms with Crippen LogP contribution in [0.15, 0.2) is 42.9 Å². The Labute approximate surface area is 171 Å². The lowest BCUT2D eigenvalue weighted by Gasteiger charge is -2.26. The molecule has 29 heavy (non-hydrogen) atoms. The van der Waals surface area contributed by atoms with Crippen molar-refractivity contribution in [3.8, 4) is 0 Å². The topological polar surface area (TPSA) is 81.6 Å². The second-order valence-electron chi connectivity index (χ2n) is 8.18. The lowest BCUT2D eigenvalue weighted by atomic mass is 10.0. The SMILES string of the molecule is O=C(NC[C@]1(O)CCN(c2cnccn2)C1)c1ccc(CN2CCCCC2)cc1. The number of aromatic nitrogens is 2. The molecule has 1 atom stereocenters. The zero-order chi connectivity index (χ0) is 20.1. The fourth-order valence-electron chi connectivity index (χ4n) is 4.13. The van der Waals surface area contributed by atoms with Crippen LogP contribution in [0.4, 0.5) is 5.82 Å². The van der Waals surface area contributed by atoms with Gasteiger partial charge in [-0.2, -0.15) is 0 Å². The number of piperidine rings is 1. The van der Waals surface area contributed by atoms with Crippen LogP contribution in [0.25, 0.3) is 0 Å². The van der Waals surface area contributed by atoms with Crippen LogP contribution in [-0.4, -0.2) is 64.2 Å². The van der Waals surface area contributed by atoms with Crippen molar-refractivity contribution in [1.29, 1.82) is 0 Å². The Morgan fingerprint density at radius 3 is 2.62 bits per heavy atom. The standard InChI is InChI=1S/C22H29N5O2/c28-21(19-6-4-18(5-7-19)15-26-11-2-1-3-12-26)25-16-22(29)8-13-27(17-22)20-14-23-9-10-24-20/h4-7,9-10,14,29H,1-3,8,11-13,15-17H2,(H,25,28)/t22-/m1/s1. The van der Waals surface area contributed by atoms with Gasteiger partial charge in [-0.3, -0.25) is 14.7 Å². The third-order valence-electron chi connectivity index (χ3n) is 5.85. The predicted molar refractivity (Wildman–Crippen MR) is 112 cm³/mol. The number of rotatable bonds is 6. The Bertz CT molecular complexity index is 808. The molecule has 1 aromatic carbocycles. The molecule has 0 aliphatic carbocycles. The molecule has 0 radical (unpaired) electrons. The van der Waals surface area contributed by atoms with E-state index in [1.807, 2.05) is 29.2 Å². The van der Waals surface area contributed by atoms with Crippen LogP contribution >= 0.6 is 0 Å². The molecular weight excluding hydrogens is 366 g/mol. The van der Waals surface area contributed by atoms with Gasteiger partial charge in [0.1, 0.15) is 11.4 Å². The van der Waals surface area contributed by atoms with Gasteiger partial charge in [-0.05, 0) is 50.0 Å². The number of nitrogens with zero attached hydrogens (tertiary/aromatic N) is 4. The molecule has 0 unspecified atom stereocenters. The summed E-state index contributed by atoms with van der Waals surface area (Å²) in [5.74, 6) is 0.597. The number of carbonyl (C=O) groups is 1. The lowest BCUT2D eigenvalue weighted by molar-refractivity contribution is 0.0575. The molecule has 1 amide bonds. The van der Waals surface area contributed by atoms with Crippen LogP contribution in [0.2, 0.25) is 0 Å². The largest absolute Gasteiger partial charge is 0.386 e. The van der Waals surface area contributed by atoms with Gasteiger partial charge in [0.15, 0.2) is 0 Å². The average molecular weight is 396 g/mol. The van der Waals surface area contributed by atoms with Gasteiger partial charge in [0.05, 0.1) is 6.20 Å². The summed E-state index contributed by atoms with van der Waals surface area (Å²) < 4.78 is 0. The second kappa shape index (κ2) is 8.88. The quantitative estimate of drug-likeness (QED) is 0.777. The molecule has 2 aliphatic rings. The maximum absolute atomic E-state index is 12.5. The molecule has 2 saturated heterocycles. The third-order valence-corrected chi connectivity index (χ3v) is 5.85. The van der Waals surface area contributed by atoms with E-state index in [1.165, 1.54) is 24.8 Å². The minimum Gasteiger partial charge on any atom is -0.386 e. The highest BCUT2D eigenvalue weighted by molar-refractivity contribution is 5.94. The average Bonchev–Trinajstić information content (AvgIpc) is 3.16. The highest BCUT2D eigenvalue weighted by Crippen LogP contribution is 2.24. The van der Waals surface area contributed by atoms with Crippen molar-refractivity contribution in [3.05, 3.63) is 54.0 Å². The van der Waals surface area contributed by atoms with Crippen molar-refractivity contribution in [1.82, 2.24) is 20.2 Å². The van der Waals surface area contributed by atoms with E-state index in [4.69, 9.17) is 0 Å². The first-order valence-corrected chi connectivity index (χ1v) is 10.4. The molecule has 7 nitrogen and oxygen atoms in total. The van der Waals surface area contributed by atoms with Gasteiger partial charge in [-0.25, -0.2) is 4.98 Å². The lowest BCUT2D eigenvalue weighted by Crippen LogP contribution is -2.45. The summed E-state index contributed by atoms with van der Waals surface area (Å²) in [6.45, 7) is 4.60. The number of hydrogen-bond donors (Lipinski definition) is 2. The number of nitrogens with one attached hydrogen (secondary N) is 1. The number of carbonyl (C=O) groups excluding carboxylic acids is 1. The normalized spacial score (nSPS) is 22.6. The Morgan fingerprint density at radius 1 is 1.10 bits per heavy atom. The maximum Gasteiger partial charge on any atom is 0.251 e. The van der Waals surface area contributed by atoms with E-state index < -0.39 is 5.60 Å². The molecule has 2 N–H and O–H groups in total. The van der Waals surface area contributed by atoms with Gasteiger partial charge in [-0.15, -0.1) is 0 Å². The van der Waals surface area contributed by atoms with Crippen molar-refractivity contribution < 1.29 is 9.90 Å². The summed E-state index contributed by atoms with van der Waals surface area (Å²) in [6, 6.07) is 7.81. The Morgan fingerprint density at radius 2 is 1.90 bits per heavy atom. The van der Waals surface area contributed by atoms with Crippen LogP contribution in [0.1, 0.15) is 41.6 Å². The van der Waals surface area contributed by atoms with E-state index in [2.05, 4.69) is 20.2 Å². The molecule has 2 aliphatic heterocycles. The highest BCUT2D eigenvalue weighted by Gasteiger charge is 2.37. The highest BCUT2D eigenvalue weighted by atomic mass is 16.3. The van der Waals surface area contributed by atoms with Crippen LogP contribution in [0.5, 0.6) is 0 Å². The van der Waals surface area contributed by atoms with Crippen molar-refractivity contribution >= 4 is 11.7 Å². The van der Waals surface area contributed by atoms with E-state index in [-0.39, 0.29) is 12.5 Å². The first-order valence-electron chi connectivity index (χ1n) is 10.4. The first-order chi connectivity index (χ1) is 14.1. The Balaban J connectivity index is 1.28. The number of hydrogen-bond acceptors (Lipinski definition) is 6. The molecule has 1 aromatic heterocycles.